The molecular weight excluding hydrogens is 224 g/mol. The molecule has 1 aliphatic rings. The van der Waals surface area contributed by atoms with Gasteiger partial charge in [-0.1, -0.05) is 0 Å². The summed E-state index contributed by atoms with van der Waals surface area (Å²) in [5, 5.41) is 3.21. The molecule has 0 amide bonds. The molecule has 3 heterocycles. The van der Waals surface area contributed by atoms with E-state index in [0.29, 0.717) is 4.90 Å². The van der Waals surface area contributed by atoms with Crippen LogP contribution < -0.4 is 0 Å². The van der Waals surface area contributed by atoms with Gasteiger partial charge in [-0.05, 0) is 17.5 Å². The van der Waals surface area contributed by atoms with Crippen LogP contribution in [0.1, 0.15) is 4.88 Å². The molecule has 2 aromatic heterocycles. The van der Waals surface area contributed by atoms with Gasteiger partial charge in [0, 0.05) is 15.0 Å². The first-order valence-electron chi connectivity index (χ1n) is 3.62. The highest BCUT2D eigenvalue weighted by Crippen LogP contribution is 2.42. The van der Waals surface area contributed by atoms with Crippen LogP contribution >= 0.6 is 22.7 Å². The molecule has 3 rings (SSSR count). The molecule has 0 bridgehead atoms. The number of rotatable bonds is 0. The van der Waals surface area contributed by atoms with Crippen LogP contribution in [0.5, 0.6) is 0 Å². The molecule has 1 aliphatic heterocycles. The normalized spacial score (nSPS) is 18.2. The minimum atomic E-state index is -3.12. The maximum Gasteiger partial charge on any atom is 0.202 e. The lowest BCUT2D eigenvalue weighted by molar-refractivity contribution is 0.606. The van der Waals surface area contributed by atoms with Gasteiger partial charge in [-0.3, -0.25) is 0 Å². The highest BCUT2D eigenvalue weighted by molar-refractivity contribution is 7.95. The predicted molar refractivity (Wildman–Crippen MR) is 55.9 cm³/mol. The zero-order valence-corrected chi connectivity index (χ0v) is 8.80. The molecule has 0 atom stereocenters. The smallest absolute Gasteiger partial charge is 0.202 e. The third-order valence-corrected chi connectivity index (χ3v) is 5.89. The van der Waals surface area contributed by atoms with Gasteiger partial charge in [0.25, 0.3) is 0 Å². The number of thiophene rings is 2. The van der Waals surface area contributed by atoms with Crippen molar-refractivity contribution in [2.45, 2.75) is 4.90 Å². The van der Waals surface area contributed by atoms with Gasteiger partial charge in [-0.25, -0.2) is 8.42 Å². The van der Waals surface area contributed by atoms with E-state index in [2.05, 4.69) is 0 Å². The topological polar surface area (TPSA) is 34.1 Å². The van der Waals surface area contributed by atoms with Gasteiger partial charge in [0.2, 0.25) is 9.84 Å². The van der Waals surface area contributed by atoms with E-state index in [1.807, 2.05) is 11.4 Å². The van der Waals surface area contributed by atoms with Crippen LogP contribution in [0.25, 0.3) is 15.5 Å². The molecule has 0 saturated carbocycles. The minimum Gasteiger partial charge on any atom is -0.219 e. The Bertz CT molecular complexity index is 613. The van der Waals surface area contributed by atoms with Crippen molar-refractivity contribution >= 4 is 48.0 Å². The summed E-state index contributed by atoms with van der Waals surface area (Å²) in [6, 6.07) is 1.96. The van der Waals surface area contributed by atoms with Crippen molar-refractivity contribution in [1.29, 1.82) is 0 Å². The maximum atomic E-state index is 11.6. The Kier molecular flexibility index (Phi) is 1.33. The largest absolute Gasteiger partial charge is 0.219 e. The number of sulfone groups is 1. The summed E-state index contributed by atoms with van der Waals surface area (Å²) >= 11 is 3.03. The first-order chi connectivity index (χ1) is 6.18. The van der Waals surface area contributed by atoms with Crippen LogP contribution in [0, 0.1) is 0 Å². The molecule has 0 aromatic carbocycles. The molecule has 0 fully saturated rings. The average molecular weight is 228 g/mol. The van der Waals surface area contributed by atoms with Crippen molar-refractivity contribution in [3.8, 4) is 0 Å². The maximum absolute atomic E-state index is 11.6. The first-order valence-corrected chi connectivity index (χ1v) is 6.86. The number of hydrogen-bond acceptors (Lipinski definition) is 4. The van der Waals surface area contributed by atoms with Crippen molar-refractivity contribution < 1.29 is 8.42 Å². The summed E-state index contributed by atoms with van der Waals surface area (Å²) in [6.45, 7) is 0. The molecule has 0 saturated heterocycles. The Morgan fingerprint density at radius 3 is 3.00 bits per heavy atom. The van der Waals surface area contributed by atoms with Crippen LogP contribution in [0.3, 0.4) is 0 Å². The van der Waals surface area contributed by atoms with Gasteiger partial charge >= 0.3 is 0 Å². The minimum absolute atomic E-state index is 0.516. The summed E-state index contributed by atoms with van der Waals surface area (Å²) < 4.78 is 25.1. The standard InChI is InChI=1S/C8H4O2S3/c9-13(10)4-2-6-8(13)7-5(12-6)1-3-11-7/h1-4H. The first kappa shape index (κ1) is 7.73. The van der Waals surface area contributed by atoms with Crippen LogP contribution in [0.4, 0.5) is 0 Å². The third-order valence-electron chi connectivity index (χ3n) is 1.96. The van der Waals surface area contributed by atoms with E-state index in [1.165, 1.54) is 28.1 Å². The van der Waals surface area contributed by atoms with E-state index in [0.717, 1.165) is 14.3 Å². The highest BCUT2D eigenvalue weighted by atomic mass is 32.2. The van der Waals surface area contributed by atoms with Crippen LogP contribution in [-0.2, 0) is 9.84 Å². The molecule has 2 nitrogen and oxygen atoms in total. The summed E-state index contributed by atoms with van der Waals surface area (Å²) in [5.41, 5.74) is 0. The van der Waals surface area contributed by atoms with E-state index < -0.39 is 9.84 Å². The Balaban J connectivity index is 2.60. The molecular formula is C8H4O2S3. The summed E-state index contributed by atoms with van der Waals surface area (Å²) in [7, 11) is -3.12. The molecule has 13 heavy (non-hydrogen) atoms. The van der Waals surface area contributed by atoms with Gasteiger partial charge < -0.3 is 0 Å². The third kappa shape index (κ3) is 0.892. The van der Waals surface area contributed by atoms with Gasteiger partial charge in [-0.2, -0.15) is 0 Å². The summed E-state index contributed by atoms with van der Waals surface area (Å²) in [4.78, 5) is 1.39. The Hall–Kier alpha value is -0.650. The van der Waals surface area contributed by atoms with Gasteiger partial charge in [0.1, 0.15) is 4.90 Å². The molecule has 0 spiro atoms. The summed E-state index contributed by atoms with van der Waals surface area (Å²) in [5.74, 6) is 0. The van der Waals surface area contributed by atoms with Crippen molar-refractivity contribution in [2.24, 2.45) is 0 Å². The quantitative estimate of drug-likeness (QED) is 0.694. The lowest BCUT2D eigenvalue weighted by atomic mass is 10.4. The lowest BCUT2D eigenvalue weighted by Crippen LogP contribution is -1.89. The Labute approximate surface area is 83.1 Å². The average Bonchev–Trinajstić information content (AvgIpc) is 2.61. The van der Waals surface area contributed by atoms with Crippen molar-refractivity contribution in [1.82, 2.24) is 0 Å². The van der Waals surface area contributed by atoms with Gasteiger partial charge in [0.05, 0.1) is 4.70 Å². The van der Waals surface area contributed by atoms with E-state index in [4.69, 9.17) is 0 Å². The second kappa shape index (κ2) is 2.23. The Morgan fingerprint density at radius 1 is 1.31 bits per heavy atom. The van der Waals surface area contributed by atoms with Crippen molar-refractivity contribution in [2.75, 3.05) is 0 Å². The summed E-state index contributed by atoms with van der Waals surface area (Å²) in [6.07, 6.45) is 1.68. The van der Waals surface area contributed by atoms with Crippen molar-refractivity contribution in [3.05, 3.63) is 21.7 Å². The van der Waals surface area contributed by atoms with E-state index >= 15 is 0 Å². The number of fused-ring (bicyclic) bond motifs is 3. The fourth-order valence-electron chi connectivity index (χ4n) is 1.42. The molecule has 5 heteroatoms. The zero-order chi connectivity index (χ0) is 9.05. The zero-order valence-electron chi connectivity index (χ0n) is 6.35. The second-order valence-corrected chi connectivity index (χ2v) is 6.53. The lowest BCUT2D eigenvalue weighted by Gasteiger charge is -1.88. The Morgan fingerprint density at radius 2 is 2.15 bits per heavy atom. The predicted octanol–water partition coefficient (Wildman–Crippen LogP) is 2.72. The van der Waals surface area contributed by atoms with Crippen molar-refractivity contribution in [3.63, 3.8) is 0 Å². The SMILES string of the molecule is O=S1(=O)C=Cc2sc3ccsc3c21. The molecule has 0 radical (unpaired) electrons. The second-order valence-electron chi connectivity index (χ2n) is 2.76. The fraction of sp³-hybridized carbons (Fsp3) is 0. The van der Waals surface area contributed by atoms with Crippen LogP contribution in [0.2, 0.25) is 0 Å². The molecule has 0 unspecified atom stereocenters. The fourth-order valence-corrected chi connectivity index (χ4v) is 5.76. The van der Waals surface area contributed by atoms with Gasteiger partial charge in [0.15, 0.2) is 0 Å². The monoisotopic (exact) mass is 228 g/mol. The molecule has 66 valence electrons. The van der Waals surface area contributed by atoms with E-state index in [9.17, 15) is 8.42 Å². The molecule has 2 aromatic rings. The van der Waals surface area contributed by atoms with E-state index in [1.54, 1.807) is 6.08 Å². The van der Waals surface area contributed by atoms with E-state index in [-0.39, 0.29) is 0 Å². The highest BCUT2D eigenvalue weighted by Gasteiger charge is 2.26. The number of hydrogen-bond donors (Lipinski definition) is 0. The van der Waals surface area contributed by atoms with Crippen LogP contribution in [-0.4, -0.2) is 8.42 Å². The molecule has 0 N–H and O–H groups in total. The van der Waals surface area contributed by atoms with Gasteiger partial charge in [-0.15, -0.1) is 22.7 Å². The molecule has 0 aliphatic carbocycles. The van der Waals surface area contributed by atoms with Crippen LogP contribution in [0.15, 0.2) is 21.7 Å².